The fourth-order valence-electron chi connectivity index (χ4n) is 1.91. The summed E-state index contributed by atoms with van der Waals surface area (Å²) in [5.74, 6) is 0. The Bertz CT molecular complexity index is 743. The van der Waals surface area contributed by atoms with Crippen molar-refractivity contribution in [1.29, 1.82) is 0 Å². The molecule has 1 aromatic carbocycles. The topological polar surface area (TPSA) is 33.6 Å². The Kier molecular flexibility index (Phi) is 3.01. The zero-order valence-electron chi connectivity index (χ0n) is 9.43. The molecule has 3 rings (SSSR count). The van der Waals surface area contributed by atoms with Gasteiger partial charge in [-0.05, 0) is 42.0 Å². The summed E-state index contributed by atoms with van der Waals surface area (Å²) in [5.41, 5.74) is 3.06. The summed E-state index contributed by atoms with van der Waals surface area (Å²) >= 11 is 8.77. The largest absolute Gasteiger partial charge is 0.329 e. The van der Waals surface area contributed by atoms with Crippen LogP contribution in [0.3, 0.4) is 0 Å². The number of benzene rings is 1. The SMILES string of the molecule is S=c1[nH]c2cccnc2n1Cc1ccc(Br)cc1. The van der Waals surface area contributed by atoms with Crippen LogP contribution < -0.4 is 0 Å². The molecule has 0 bridgehead atoms. The Balaban J connectivity index is 2.07. The number of nitrogens with zero attached hydrogens (tertiary/aromatic N) is 2. The quantitative estimate of drug-likeness (QED) is 0.727. The maximum absolute atomic E-state index is 5.34. The molecule has 3 nitrogen and oxygen atoms in total. The first-order valence-corrected chi connectivity index (χ1v) is 6.72. The number of rotatable bonds is 2. The lowest BCUT2D eigenvalue weighted by molar-refractivity contribution is 0.800. The molecular formula is C13H10BrN3S. The lowest BCUT2D eigenvalue weighted by Gasteiger charge is -2.04. The van der Waals surface area contributed by atoms with E-state index in [1.54, 1.807) is 6.20 Å². The third kappa shape index (κ3) is 2.11. The second-order valence-corrected chi connectivity index (χ2v) is 5.32. The zero-order chi connectivity index (χ0) is 12.5. The van der Waals surface area contributed by atoms with Gasteiger partial charge in [-0.2, -0.15) is 0 Å². The lowest BCUT2D eigenvalue weighted by Crippen LogP contribution is -2.00. The predicted octanol–water partition coefficient (Wildman–Crippen LogP) is 3.90. The molecule has 0 saturated heterocycles. The molecule has 0 fully saturated rings. The standard InChI is InChI=1S/C13H10BrN3S/c14-10-5-3-9(4-6-10)8-17-12-11(16-13(17)18)2-1-7-15-12/h1-7H,8H2,(H,16,18). The Morgan fingerprint density at radius 3 is 2.78 bits per heavy atom. The van der Waals surface area contributed by atoms with E-state index in [1.165, 1.54) is 5.56 Å². The predicted molar refractivity (Wildman–Crippen MR) is 78.2 cm³/mol. The highest BCUT2D eigenvalue weighted by molar-refractivity contribution is 9.10. The first-order valence-electron chi connectivity index (χ1n) is 5.52. The Morgan fingerprint density at radius 2 is 2.00 bits per heavy atom. The molecule has 18 heavy (non-hydrogen) atoms. The molecule has 0 amide bonds. The number of aromatic amines is 1. The zero-order valence-corrected chi connectivity index (χ0v) is 11.8. The Morgan fingerprint density at radius 1 is 1.22 bits per heavy atom. The van der Waals surface area contributed by atoms with Crippen molar-refractivity contribution in [1.82, 2.24) is 14.5 Å². The molecule has 2 aromatic heterocycles. The molecule has 2 heterocycles. The minimum Gasteiger partial charge on any atom is -0.329 e. The van der Waals surface area contributed by atoms with Gasteiger partial charge in [-0.15, -0.1) is 0 Å². The van der Waals surface area contributed by atoms with Crippen LogP contribution in [-0.4, -0.2) is 14.5 Å². The van der Waals surface area contributed by atoms with Crippen LogP contribution >= 0.6 is 28.1 Å². The molecule has 3 aromatic rings. The molecule has 1 N–H and O–H groups in total. The van der Waals surface area contributed by atoms with Gasteiger partial charge in [0.1, 0.15) is 0 Å². The van der Waals surface area contributed by atoms with Crippen molar-refractivity contribution in [2.75, 3.05) is 0 Å². The molecule has 0 aliphatic rings. The maximum Gasteiger partial charge on any atom is 0.179 e. The van der Waals surface area contributed by atoms with Gasteiger partial charge in [-0.3, -0.25) is 4.57 Å². The van der Waals surface area contributed by atoms with Crippen LogP contribution in [0.1, 0.15) is 5.56 Å². The van der Waals surface area contributed by atoms with Crippen LogP contribution in [0, 0.1) is 4.77 Å². The summed E-state index contributed by atoms with van der Waals surface area (Å²) in [7, 11) is 0. The van der Waals surface area contributed by atoms with Gasteiger partial charge in [0.2, 0.25) is 0 Å². The molecule has 0 saturated carbocycles. The van der Waals surface area contributed by atoms with Crippen molar-refractivity contribution in [2.24, 2.45) is 0 Å². The minimum absolute atomic E-state index is 0.701. The van der Waals surface area contributed by atoms with Crippen LogP contribution in [-0.2, 0) is 6.54 Å². The van der Waals surface area contributed by atoms with E-state index in [0.717, 1.165) is 22.2 Å². The van der Waals surface area contributed by atoms with E-state index in [-0.39, 0.29) is 0 Å². The summed E-state index contributed by atoms with van der Waals surface area (Å²) in [6.07, 6.45) is 1.78. The molecule has 0 unspecified atom stereocenters. The van der Waals surface area contributed by atoms with Crippen LogP contribution in [0.4, 0.5) is 0 Å². The average molecular weight is 320 g/mol. The fourth-order valence-corrected chi connectivity index (χ4v) is 2.43. The van der Waals surface area contributed by atoms with E-state index >= 15 is 0 Å². The maximum atomic E-state index is 5.34. The third-order valence-corrected chi connectivity index (χ3v) is 3.63. The normalized spacial score (nSPS) is 10.9. The van der Waals surface area contributed by atoms with Crippen molar-refractivity contribution in [3.05, 3.63) is 57.4 Å². The van der Waals surface area contributed by atoms with Gasteiger partial charge in [-0.1, -0.05) is 28.1 Å². The molecule has 0 atom stereocenters. The number of aromatic nitrogens is 3. The van der Waals surface area contributed by atoms with Crippen LogP contribution in [0.5, 0.6) is 0 Å². The van der Waals surface area contributed by atoms with Crippen LogP contribution in [0.2, 0.25) is 0 Å². The third-order valence-electron chi connectivity index (χ3n) is 2.78. The van der Waals surface area contributed by atoms with Crippen molar-refractivity contribution < 1.29 is 0 Å². The summed E-state index contributed by atoms with van der Waals surface area (Å²) in [5, 5.41) is 0. The van der Waals surface area contributed by atoms with Crippen LogP contribution in [0.25, 0.3) is 11.2 Å². The number of H-pyrrole nitrogens is 1. The average Bonchev–Trinajstić information content (AvgIpc) is 2.69. The fraction of sp³-hybridized carbons (Fsp3) is 0.0769. The van der Waals surface area contributed by atoms with Gasteiger partial charge in [0.25, 0.3) is 0 Å². The number of halogens is 1. The monoisotopic (exact) mass is 319 g/mol. The highest BCUT2D eigenvalue weighted by Gasteiger charge is 2.05. The lowest BCUT2D eigenvalue weighted by atomic mass is 10.2. The van der Waals surface area contributed by atoms with E-state index in [0.29, 0.717) is 4.77 Å². The van der Waals surface area contributed by atoms with Gasteiger partial charge >= 0.3 is 0 Å². The molecule has 0 spiro atoms. The second kappa shape index (κ2) is 4.66. The number of hydrogen-bond acceptors (Lipinski definition) is 2. The van der Waals surface area contributed by atoms with Crippen molar-refractivity contribution in [3.63, 3.8) is 0 Å². The molecular weight excluding hydrogens is 310 g/mol. The van der Waals surface area contributed by atoms with E-state index in [2.05, 4.69) is 38.0 Å². The van der Waals surface area contributed by atoms with E-state index < -0.39 is 0 Å². The smallest absolute Gasteiger partial charge is 0.179 e. The Labute approximate surface area is 118 Å². The summed E-state index contributed by atoms with van der Waals surface area (Å²) in [6.45, 7) is 0.725. The van der Waals surface area contributed by atoms with Gasteiger partial charge in [0, 0.05) is 10.7 Å². The van der Waals surface area contributed by atoms with Crippen LogP contribution in [0.15, 0.2) is 47.1 Å². The molecule has 5 heteroatoms. The van der Waals surface area contributed by atoms with Crippen molar-refractivity contribution >= 4 is 39.3 Å². The van der Waals surface area contributed by atoms with Crippen molar-refractivity contribution in [3.8, 4) is 0 Å². The number of nitrogens with one attached hydrogen (secondary N) is 1. The Hall–Kier alpha value is -1.46. The van der Waals surface area contributed by atoms with Gasteiger partial charge < -0.3 is 4.98 Å². The van der Waals surface area contributed by atoms with Gasteiger partial charge in [-0.25, -0.2) is 4.98 Å². The molecule has 0 radical (unpaired) electrons. The first-order chi connectivity index (χ1) is 8.74. The van der Waals surface area contributed by atoms with Crippen molar-refractivity contribution in [2.45, 2.75) is 6.54 Å². The highest BCUT2D eigenvalue weighted by atomic mass is 79.9. The van der Waals surface area contributed by atoms with Gasteiger partial charge in [0.15, 0.2) is 10.4 Å². The first kappa shape index (κ1) is 11.6. The van der Waals surface area contributed by atoms with E-state index in [1.807, 2.05) is 28.8 Å². The summed E-state index contributed by atoms with van der Waals surface area (Å²) in [6, 6.07) is 12.1. The minimum atomic E-state index is 0.701. The number of fused-ring (bicyclic) bond motifs is 1. The summed E-state index contributed by atoms with van der Waals surface area (Å²) in [4.78, 5) is 7.54. The highest BCUT2D eigenvalue weighted by Crippen LogP contribution is 2.15. The molecule has 0 aliphatic heterocycles. The number of hydrogen-bond donors (Lipinski definition) is 1. The molecule has 90 valence electrons. The summed E-state index contributed by atoms with van der Waals surface area (Å²) < 4.78 is 3.78. The molecule has 0 aliphatic carbocycles. The number of imidazole rings is 1. The van der Waals surface area contributed by atoms with E-state index in [4.69, 9.17) is 12.2 Å². The van der Waals surface area contributed by atoms with Gasteiger partial charge in [0.05, 0.1) is 12.1 Å². The van der Waals surface area contributed by atoms with E-state index in [9.17, 15) is 0 Å². The number of pyridine rings is 1. The second-order valence-electron chi connectivity index (χ2n) is 4.02.